The standard InChI is InChI=1S/C14H17BrO2/c1-2-17-14(16)13(11-15)10-6-9-12-7-4-3-5-8-12/h3-5,7-8,10H,2,6,9,11H2,1H3/b13-10+. The van der Waals surface area contributed by atoms with Crippen LogP contribution in [0.2, 0.25) is 0 Å². The summed E-state index contributed by atoms with van der Waals surface area (Å²) in [4.78, 5) is 11.5. The summed E-state index contributed by atoms with van der Waals surface area (Å²) in [5.74, 6) is -0.225. The van der Waals surface area contributed by atoms with Gasteiger partial charge in [0, 0.05) is 10.9 Å². The molecule has 0 atom stereocenters. The molecule has 0 N–H and O–H groups in total. The Morgan fingerprint density at radius 2 is 2.06 bits per heavy atom. The first-order chi connectivity index (χ1) is 8.27. The third kappa shape index (κ3) is 5.18. The molecule has 1 aromatic carbocycles. The first-order valence-electron chi connectivity index (χ1n) is 5.74. The third-order valence-electron chi connectivity index (χ3n) is 2.35. The van der Waals surface area contributed by atoms with E-state index in [1.807, 2.05) is 31.2 Å². The number of hydrogen-bond acceptors (Lipinski definition) is 2. The molecule has 0 unspecified atom stereocenters. The van der Waals surface area contributed by atoms with E-state index in [1.165, 1.54) is 5.56 Å². The van der Waals surface area contributed by atoms with Crippen LogP contribution in [0.25, 0.3) is 0 Å². The van der Waals surface area contributed by atoms with E-state index >= 15 is 0 Å². The highest BCUT2D eigenvalue weighted by Gasteiger charge is 2.07. The molecule has 92 valence electrons. The quantitative estimate of drug-likeness (QED) is 0.456. The Morgan fingerprint density at radius 3 is 2.65 bits per heavy atom. The zero-order valence-corrected chi connectivity index (χ0v) is 11.6. The monoisotopic (exact) mass is 296 g/mol. The minimum Gasteiger partial charge on any atom is -0.463 e. The van der Waals surface area contributed by atoms with Gasteiger partial charge in [-0.15, -0.1) is 0 Å². The largest absolute Gasteiger partial charge is 0.463 e. The van der Waals surface area contributed by atoms with Crippen LogP contribution in [0.15, 0.2) is 42.0 Å². The van der Waals surface area contributed by atoms with E-state index in [-0.39, 0.29) is 5.97 Å². The number of esters is 1. The van der Waals surface area contributed by atoms with Crippen LogP contribution in [0.3, 0.4) is 0 Å². The molecule has 0 aliphatic heterocycles. The normalized spacial score (nSPS) is 11.3. The molecule has 0 spiro atoms. The Labute approximate surface area is 111 Å². The van der Waals surface area contributed by atoms with Crippen molar-refractivity contribution >= 4 is 21.9 Å². The maximum atomic E-state index is 11.5. The molecule has 0 aliphatic rings. The molecule has 0 heterocycles. The molecule has 0 amide bonds. The predicted octanol–water partition coefficient (Wildman–Crippen LogP) is 3.50. The number of ether oxygens (including phenoxy) is 1. The van der Waals surface area contributed by atoms with Crippen LogP contribution in [-0.4, -0.2) is 17.9 Å². The summed E-state index contributed by atoms with van der Waals surface area (Å²) in [6.07, 6.45) is 3.74. The van der Waals surface area contributed by atoms with Crippen molar-refractivity contribution < 1.29 is 9.53 Å². The van der Waals surface area contributed by atoms with Gasteiger partial charge >= 0.3 is 5.97 Å². The van der Waals surface area contributed by atoms with E-state index in [9.17, 15) is 4.79 Å². The lowest BCUT2D eigenvalue weighted by molar-refractivity contribution is -0.138. The highest BCUT2D eigenvalue weighted by molar-refractivity contribution is 9.09. The molecule has 17 heavy (non-hydrogen) atoms. The Morgan fingerprint density at radius 1 is 1.35 bits per heavy atom. The topological polar surface area (TPSA) is 26.3 Å². The molecule has 0 aromatic heterocycles. The van der Waals surface area contributed by atoms with E-state index in [0.717, 1.165) is 12.8 Å². The number of carbonyl (C=O) groups is 1. The lowest BCUT2D eigenvalue weighted by Crippen LogP contribution is -2.08. The zero-order valence-electron chi connectivity index (χ0n) is 9.99. The molecule has 3 heteroatoms. The van der Waals surface area contributed by atoms with Crippen molar-refractivity contribution in [2.24, 2.45) is 0 Å². The van der Waals surface area contributed by atoms with Gasteiger partial charge in [-0.3, -0.25) is 0 Å². The fourth-order valence-electron chi connectivity index (χ4n) is 1.47. The van der Waals surface area contributed by atoms with Gasteiger partial charge < -0.3 is 4.74 Å². The van der Waals surface area contributed by atoms with Gasteiger partial charge in [-0.2, -0.15) is 0 Å². The van der Waals surface area contributed by atoms with Crippen LogP contribution in [0, 0.1) is 0 Å². The number of hydrogen-bond donors (Lipinski definition) is 0. The molecular weight excluding hydrogens is 280 g/mol. The van der Waals surface area contributed by atoms with Gasteiger partial charge in [0.25, 0.3) is 0 Å². The summed E-state index contributed by atoms with van der Waals surface area (Å²) in [5.41, 5.74) is 1.98. The predicted molar refractivity (Wildman–Crippen MR) is 73.3 cm³/mol. The Hall–Kier alpha value is -1.09. The number of carbonyl (C=O) groups excluding carboxylic acids is 1. The van der Waals surface area contributed by atoms with Crippen LogP contribution in [0.5, 0.6) is 0 Å². The zero-order chi connectivity index (χ0) is 12.5. The second-order valence-corrected chi connectivity index (χ2v) is 4.17. The van der Waals surface area contributed by atoms with Crippen LogP contribution in [0.4, 0.5) is 0 Å². The lowest BCUT2D eigenvalue weighted by Gasteiger charge is -2.03. The number of benzene rings is 1. The minimum absolute atomic E-state index is 0.225. The van der Waals surface area contributed by atoms with E-state index < -0.39 is 0 Å². The fraction of sp³-hybridized carbons (Fsp3) is 0.357. The summed E-state index contributed by atoms with van der Waals surface area (Å²) in [6.45, 7) is 2.23. The van der Waals surface area contributed by atoms with Gasteiger partial charge in [0.2, 0.25) is 0 Å². The highest BCUT2D eigenvalue weighted by atomic mass is 79.9. The summed E-state index contributed by atoms with van der Waals surface area (Å²) in [6, 6.07) is 10.2. The van der Waals surface area contributed by atoms with Crippen LogP contribution in [0.1, 0.15) is 18.9 Å². The minimum atomic E-state index is -0.225. The molecule has 0 fully saturated rings. The third-order valence-corrected chi connectivity index (χ3v) is 2.95. The maximum Gasteiger partial charge on any atom is 0.334 e. The van der Waals surface area contributed by atoms with Gasteiger partial charge in [-0.05, 0) is 25.3 Å². The van der Waals surface area contributed by atoms with Crippen molar-refractivity contribution in [3.8, 4) is 0 Å². The van der Waals surface area contributed by atoms with Crippen molar-refractivity contribution in [3.05, 3.63) is 47.5 Å². The molecule has 0 aliphatic carbocycles. The van der Waals surface area contributed by atoms with Gasteiger partial charge in [0.15, 0.2) is 0 Å². The molecule has 0 radical (unpaired) electrons. The summed E-state index contributed by atoms with van der Waals surface area (Å²) in [7, 11) is 0. The average Bonchev–Trinajstić information content (AvgIpc) is 2.36. The number of rotatable bonds is 6. The Kier molecular flexibility index (Phi) is 6.63. The van der Waals surface area contributed by atoms with E-state index in [2.05, 4.69) is 28.1 Å². The second kappa shape index (κ2) is 8.07. The van der Waals surface area contributed by atoms with Crippen molar-refractivity contribution in [2.75, 3.05) is 11.9 Å². The van der Waals surface area contributed by atoms with E-state index in [0.29, 0.717) is 17.5 Å². The Bertz CT molecular complexity index is 371. The SMILES string of the molecule is CCOC(=O)/C(=C/CCc1ccccc1)CBr. The van der Waals surface area contributed by atoms with E-state index in [4.69, 9.17) is 4.74 Å². The molecule has 0 bridgehead atoms. The van der Waals surface area contributed by atoms with Crippen molar-refractivity contribution in [3.63, 3.8) is 0 Å². The summed E-state index contributed by atoms with van der Waals surface area (Å²) >= 11 is 3.30. The average molecular weight is 297 g/mol. The fourth-order valence-corrected chi connectivity index (χ4v) is 1.93. The lowest BCUT2D eigenvalue weighted by atomic mass is 10.1. The molecular formula is C14H17BrO2. The molecule has 1 aromatic rings. The summed E-state index contributed by atoms with van der Waals surface area (Å²) < 4.78 is 4.96. The smallest absolute Gasteiger partial charge is 0.334 e. The van der Waals surface area contributed by atoms with Crippen LogP contribution in [-0.2, 0) is 16.0 Å². The molecule has 0 saturated carbocycles. The first-order valence-corrected chi connectivity index (χ1v) is 6.86. The van der Waals surface area contributed by atoms with Crippen molar-refractivity contribution in [2.45, 2.75) is 19.8 Å². The Balaban J connectivity index is 2.48. The maximum absolute atomic E-state index is 11.5. The first kappa shape index (κ1) is 14.0. The van der Waals surface area contributed by atoms with Gasteiger partial charge in [-0.1, -0.05) is 52.3 Å². The van der Waals surface area contributed by atoms with Crippen molar-refractivity contribution in [1.29, 1.82) is 0 Å². The van der Waals surface area contributed by atoms with E-state index in [1.54, 1.807) is 0 Å². The number of halogens is 1. The number of allylic oxidation sites excluding steroid dienone is 1. The van der Waals surface area contributed by atoms with Crippen LogP contribution >= 0.6 is 15.9 Å². The van der Waals surface area contributed by atoms with Gasteiger partial charge in [0.05, 0.1) is 6.61 Å². The van der Waals surface area contributed by atoms with Gasteiger partial charge in [0.1, 0.15) is 0 Å². The summed E-state index contributed by atoms with van der Waals surface area (Å²) in [5, 5.41) is 0.542. The van der Waals surface area contributed by atoms with Gasteiger partial charge in [-0.25, -0.2) is 4.79 Å². The highest BCUT2D eigenvalue weighted by Crippen LogP contribution is 2.08. The molecule has 2 nitrogen and oxygen atoms in total. The van der Waals surface area contributed by atoms with Crippen LogP contribution < -0.4 is 0 Å². The van der Waals surface area contributed by atoms with Crippen molar-refractivity contribution in [1.82, 2.24) is 0 Å². The second-order valence-electron chi connectivity index (χ2n) is 3.61. The molecule has 1 rings (SSSR count). The molecule has 0 saturated heterocycles. The number of aryl methyl sites for hydroxylation is 1. The number of alkyl halides is 1.